The number of nitrogens with two attached hydrogens (primary N) is 1. The molecule has 1 aromatic carbocycles. The number of hydrogen-bond donors (Lipinski definition) is 1. The number of nitrogens with zero attached hydrogens (tertiary/aromatic N) is 1. The third-order valence-electron chi connectivity index (χ3n) is 4.03. The van der Waals surface area contributed by atoms with Crippen molar-refractivity contribution in [1.29, 1.82) is 0 Å². The van der Waals surface area contributed by atoms with Crippen LogP contribution in [0.3, 0.4) is 0 Å². The number of oxazole rings is 1. The van der Waals surface area contributed by atoms with E-state index in [2.05, 4.69) is 4.98 Å². The summed E-state index contributed by atoms with van der Waals surface area (Å²) in [5, 5.41) is 0. The number of aromatic nitrogens is 1. The molecule has 0 saturated carbocycles. The molecule has 1 aliphatic heterocycles. The number of benzene rings is 1. The zero-order chi connectivity index (χ0) is 14.7. The van der Waals surface area contributed by atoms with Crippen LogP contribution in [0.15, 0.2) is 16.5 Å². The highest BCUT2D eigenvalue weighted by Crippen LogP contribution is 2.36. The Morgan fingerprint density at radius 2 is 1.75 bits per heavy atom. The summed E-state index contributed by atoms with van der Waals surface area (Å²) in [6, 6.07) is 2.80. The van der Waals surface area contributed by atoms with Crippen LogP contribution in [0.25, 0.3) is 11.1 Å². The molecular weight excluding hydrogens is 262 g/mol. The Morgan fingerprint density at radius 3 is 2.35 bits per heavy atom. The number of fused-ring (bicyclic) bond motifs is 1. The summed E-state index contributed by atoms with van der Waals surface area (Å²) in [5.41, 5.74) is 5.50. The molecule has 1 fully saturated rings. The van der Waals surface area contributed by atoms with Gasteiger partial charge in [0, 0.05) is 11.5 Å². The summed E-state index contributed by atoms with van der Waals surface area (Å²) in [4.78, 5) is 3.99. The maximum Gasteiger partial charge on any atom is 0.497 e. The highest BCUT2D eigenvalue weighted by atomic mass is 19.1. The average Bonchev–Trinajstić information content (AvgIpc) is 2.74. The zero-order valence-corrected chi connectivity index (χ0v) is 11.9. The molecule has 106 valence electrons. The van der Waals surface area contributed by atoms with Gasteiger partial charge < -0.3 is 19.5 Å². The van der Waals surface area contributed by atoms with Crippen molar-refractivity contribution in [3.05, 3.63) is 17.9 Å². The molecule has 0 atom stereocenters. The van der Waals surface area contributed by atoms with E-state index in [1.54, 1.807) is 6.07 Å². The van der Waals surface area contributed by atoms with E-state index in [4.69, 9.17) is 19.5 Å². The first kappa shape index (κ1) is 13.4. The van der Waals surface area contributed by atoms with Crippen molar-refractivity contribution in [3.8, 4) is 0 Å². The summed E-state index contributed by atoms with van der Waals surface area (Å²) in [7, 11) is -0.776. The second kappa shape index (κ2) is 3.96. The minimum atomic E-state index is -0.776. The fourth-order valence-corrected chi connectivity index (χ4v) is 2.13. The largest absolute Gasteiger partial charge is 0.497 e. The van der Waals surface area contributed by atoms with Gasteiger partial charge in [-0.05, 0) is 33.8 Å². The molecule has 2 N–H and O–H groups in total. The lowest BCUT2D eigenvalue weighted by atomic mass is 9.78. The number of hydrogen-bond acceptors (Lipinski definition) is 5. The monoisotopic (exact) mass is 278 g/mol. The van der Waals surface area contributed by atoms with E-state index in [9.17, 15) is 4.39 Å². The molecule has 1 aliphatic rings. The van der Waals surface area contributed by atoms with Crippen LogP contribution in [0.1, 0.15) is 27.7 Å². The summed E-state index contributed by atoms with van der Waals surface area (Å²) in [6.07, 6.45) is 0. The highest BCUT2D eigenvalue weighted by molar-refractivity contribution is 6.62. The Balaban J connectivity index is 2.05. The van der Waals surface area contributed by atoms with Gasteiger partial charge in [-0.2, -0.15) is 4.98 Å². The lowest BCUT2D eigenvalue weighted by Crippen LogP contribution is -2.41. The van der Waals surface area contributed by atoms with Gasteiger partial charge in [0.1, 0.15) is 11.3 Å². The second-order valence-electron chi connectivity index (χ2n) is 5.98. The molecule has 2 heterocycles. The molecule has 1 saturated heterocycles. The molecule has 2 aromatic rings. The van der Waals surface area contributed by atoms with Gasteiger partial charge >= 0.3 is 7.12 Å². The average molecular weight is 278 g/mol. The van der Waals surface area contributed by atoms with Crippen molar-refractivity contribution in [2.75, 3.05) is 5.73 Å². The normalized spacial score (nSPS) is 20.8. The highest BCUT2D eigenvalue weighted by Gasteiger charge is 2.52. The summed E-state index contributed by atoms with van der Waals surface area (Å²) in [5.74, 6) is -0.466. The molecule has 0 radical (unpaired) electrons. The fraction of sp³-hybridized carbons (Fsp3) is 0.462. The minimum absolute atomic E-state index is 0.00506. The van der Waals surface area contributed by atoms with E-state index < -0.39 is 24.1 Å². The number of rotatable bonds is 1. The zero-order valence-electron chi connectivity index (χ0n) is 11.9. The van der Waals surface area contributed by atoms with Crippen LogP contribution in [0.4, 0.5) is 10.4 Å². The van der Waals surface area contributed by atoms with Gasteiger partial charge in [-0.25, -0.2) is 4.39 Å². The number of halogens is 1. The Morgan fingerprint density at radius 1 is 1.15 bits per heavy atom. The van der Waals surface area contributed by atoms with Gasteiger partial charge in [-0.15, -0.1) is 0 Å². The van der Waals surface area contributed by atoms with Crippen LogP contribution in [0.5, 0.6) is 0 Å². The quantitative estimate of drug-likeness (QED) is 0.806. The maximum atomic E-state index is 14.2. The number of anilines is 1. The van der Waals surface area contributed by atoms with Crippen molar-refractivity contribution < 1.29 is 18.1 Å². The van der Waals surface area contributed by atoms with Crippen molar-refractivity contribution >= 4 is 29.7 Å². The molecule has 5 nitrogen and oxygen atoms in total. The summed E-state index contributed by atoms with van der Waals surface area (Å²) < 4.78 is 31.0. The first-order valence-electron chi connectivity index (χ1n) is 6.41. The van der Waals surface area contributed by atoms with Crippen LogP contribution >= 0.6 is 0 Å². The molecule has 0 amide bonds. The molecular formula is C13H16BFN2O3. The SMILES string of the molecule is CC1(C)OB(c2cc3nc(N)oc3cc2F)OC1(C)C. The first-order valence-corrected chi connectivity index (χ1v) is 6.41. The Hall–Kier alpha value is -1.60. The Bertz CT molecular complexity index is 668. The third-order valence-corrected chi connectivity index (χ3v) is 4.03. The lowest BCUT2D eigenvalue weighted by Gasteiger charge is -2.32. The van der Waals surface area contributed by atoms with Crippen molar-refractivity contribution in [1.82, 2.24) is 4.98 Å². The Kier molecular flexibility index (Phi) is 2.65. The van der Waals surface area contributed by atoms with Crippen LogP contribution < -0.4 is 11.2 Å². The van der Waals surface area contributed by atoms with Crippen LogP contribution in [-0.4, -0.2) is 23.3 Å². The van der Waals surface area contributed by atoms with Gasteiger partial charge in [-0.3, -0.25) is 0 Å². The molecule has 0 aliphatic carbocycles. The van der Waals surface area contributed by atoms with Crippen molar-refractivity contribution in [2.45, 2.75) is 38.9 Å². The summed E-state index contributed by atoms with van der Waals surface area (Å²) >= 11 is 0. The van der Waals surface area contributed by atoms with Crippen LogP contribution in [-0.2, 0) is 9.31 Å². The van der Waals surface area contributed by atoms with Gasteiger partial charge in [-0.1, -0.05) is 0 Å². The van der Waals surface area contributed by atoms with E-state index >= 15 is 0 Å². The van der Waals surface area contributed by atoms with Gasteiger partial charge in [0.15, 0.2) is 5.58 Å². The van der Waals surface area contributed by atoms with Crippen LogP contribution in [0.2, 0.25) is 0 Å². The third kappa shape index (κ3) is 1.89. The van der Waals surface area contributed by atoms with Gasteiger partial charge in [0.25, 0.3) is 6.01 Å². The smallest absolute Gasteiger partial charge is 0.424 e. The van der Waals surface area contributed by atoms with E-state index in [0.717, 1.165) is 0 Å². The minimum Gasteiger partial charge on any atom is -0.424 e. The van der Waals surface area contributed by atoms with E-state index in [0.29, 0.717) is 16.6 Å². The van der Waals surface area contributed by atoms with Crippen molar-refractivity contribution in [3.63, 3.8) is 0 Å². The predicted molar refractivity (Wildman–Crippen MR) is 74.1 cm³/mol. The molecule has 3 rings (SSSR count). The van der Waals surface area contributed by atoms with E-state index in [1.807, 2.05) is 27.7 Å². The van der Waals surface area contributed by atoms with Crippen LogP contribution in [0, 0.1) is 5.82 Å². The van der Waals surface area contributed by atoms with Gasteiger partial charge in [0.2, 0.25) is 0 Å². The van der Waals surface area contributed by atoms with Crippen molar-refractivity contribution in [2.24, 2.45) is 0 Å². The maximum absolute atomic E-state index is 14.2. The molecule has 0 spiro atoms. The molecule has 7 heteroatoms. The van der Waals surface area contributed by atoms with E-state index in [-0.39, 0.29) is 6.01 Å². The predicted octanol–water partition coefficient (Wildman–Crippen LogP) is 1.85. The number of nitrogen functional groups attached to an aromatic ring is 1. The van der Waals surface area contributed by atoms with E-state index in [1.165, 1.54) is 6.07 Å². The molecule has 1 aromatic heterocycles. The standard InChI is InChI=1S/C13H16BFN2O3/c1-12(2)13(3,4)20-14(19-12)7-5-9-10(6-8(7)15)18-11(16)17-9/h5-6H,1-4H3,(H2,16,17). The second-order valence-corrected chi connectivity index (χ2v) is 5.98. The Labute approximate surface area is 116 Å². The van der Waals surface area contributed by atoms with Gasteiger partial charge in [0.05, 0.1) is 11.2 Å². The first-order chi connectivity index (χ1) is 9.19. The lowest BCUT2D eigenvalue weighted by molar-refractivity contribution is 0.00578. The molecule has 20 heavy (non-hydrogen) atoms. The molecule has 0 bridgehead atoms. The molecule has 0 unspecified atom stereocenters. The summed E-state index contributed by atoms with van der Waals surface area (Å²) in [6.45, 7) is 7.66. The topological polar surface area (TPSA) is 70.5 Å². The fourth-order valence-electron chi connectivity index (χ4n) is 2.13.